The van der Waals surface area contributed by atoms with E-state index in [2.05, 4.69) is 66.2 Å². The molecular weight excluding hydrogens is 445 g/mol. The SMILES string of the molecule is C=C/C(=C\C=NC)c1cn(SI)c2ccnc(N3CCNC(C)C3)c12. The molecule has 3 heterocycles. The molecule has 7 heteroatoms. The zero-order chi connectivity index (χ0) is 17.8. The molecule has 1 aliphatic heterocycles. The molecule has 1 aliphatic rings. The Morgan fingerprint density at radius 3 is 3.08 bits per heavy atom. The number of rotatable bonds is 5. The van der Waals surface area contributed by atoms with Crippen LogP contribution >= 0.6 is 30.3 Å². The highest BCUT2D eigenvalue weighted by Crippen LogP contribution is 2.37. The minimum Gasteiger partial charge on any atom is -0.353 e. The zero-order valence-electron chi connectivity index (χ0n) is 14.4. The number of fused-ring (bicyclic) bond motifs is 1. The molecule has 1 saturated heterocycles. The Balaban J connectivity index is 2.21. The lowest BCUT2D eigenvalue weighted by molar-refractivity contribution is 0.483. The van der Waals surface area contributed by atoms with Gasteiger partial charge in [-0.05, 0) is 24.6 Å². The Morgan fingerprint density at radius 1 is 1.56 bits per heavy atom. The van der Waals surface area contributed by atoms with Gasteiger partial charge >= 0.3 is 0 Å². The maximum Gasteiger partial charge on any atom is 0.138 e. The maximum atomic E-state index is 4.75. The van der Waals surface area contributed by atoms with Crippen molar-refractivity contribution in [2.75, 3.05) is 31.6 Å². The van der Waals surface area contributed by atoms with Crippen LogP contribution in [0.5, 0.6) is 0 Å². The third-order valence-corrected chi connectivity index (χ3v) is 6.06. The van der Waals surface area contributed by atoms with Crippen molar-refractivity contribution in [3.8, 4) is 0 Å². The highest BCUT2D eigenvalue weighted by molar-refractivity contribution is 14.2. The minimum absolute atomic E-state index is 0.455. The standard InChI is InChI=1S/C18H22IN5S/c1-4-14(5-7-20-3)15-12-24(25-19)16-6-8-22-18(17(15)16)23-10-9-21-13(2)11-23/h4-8,12-13,21H,1,9-11H2,2-3H3/b14-5+,20-7?. The third kappa shape index (κ3) is 3.78. The molecule has 1 N–H and O–H groups in total. The minimum atomic E-state index is 0.455. The molecule has 5 nitrogen and oxygen atoms in total. The molecule has 1 fully saturated rings. The average molecular weight is 467 g/mol. The third-order valence-electron chi connectivity index (χ3n) is 4.34. The molecule has 2 aromatic rings. The first-order valence-corrected chi connectivity index (χ1v) is 11.5. The molecule has 132 valence electrons. The molecule has 0 aromatic carbocycles. The van der Waals surface area contributed by atoms with Crippen LogP contribution < -0.4 is 10.2 Å². The summed E-state index contributed by atoms with van der Waals surface area (Å²) < 4.78 is 2.18. The molecule has 2 aromatic heterocycles. The number of aliphatic imine (C=N–C) groups is 1. The highest BCUT2D eigenvalue weighted by atomic mass is 127. The van der Waals surface area contributed by atoms with E-state index in [0.29, 0.717) is 6.04 Å². The van der Waals surface area contributed by atoms with Gasteiger partial charge in [0.1, 0.15) is 5.82 Å². The number of hydrogen-bond donors (Lipinski definition) is 1. The molecule has 1 unspecified atom stereocenters. The fourth-order valence-corrected chi connectivity index (χ4v) is 4.55. The second-order valence-corrected chi connectivity index (χ2v) is 7.71. The zero-order valence-corrected chi connectivity index (χ0v) is 17.4. The summed E-state index contributed by atoms with van der Waals surface area (Å²) in [6.45, 7) is 9.10. The molecule has 1 atom stereocenters. The first-order valence-electron chi connectivity index (χ1n) is 8.22. The van der Waals surface area contributed by atoms with Crippen molar-refractivity contribution >= 4 is 58.8 Å². The van der Waals surface area contributed by atoms with Gasteiger partial charge in [0.15, 0.2) is 0 Å². The molecule has 3 rings (SSSR count). The van der Waals surface area contributed by atoms with Gasteiger partial charge in [0, 0.05) is 87.2 Å². The van der Waals surface area contributed by atoms with Crippen LogP contribution in [0.1, 0.15) is 12.5 Å². The van der Waals surface area contributed by atoms with Gasteiger partial charge in [-0.1, -0.05) is 12.7 Å². The number of anilines is 1. The number of nitrogens with zero attached hydrogens (tertiary/aromatic N) is 4. The van der Waals surface area contributed by atoms with Gasteiger partial charge in [0.25, 0.3) is 0 Å². The van der Waals surface area contributed by atoms with Crippen molar-refractivity contribution in [2.45, 2.75) is 13.0 Å². The van der Waals surface area contributed by atoms with E-state index in [-0.39, 0.29) is 0 Å². The van der Waals surface area contributed by atoms with E-state index in [4.69, 9.17) is 4.98 Å². The molecule has 0 saturated carbocycles. The summed E-state index contributed by atoms with van der Waals surface area (Å²) >= 11 is 2.31. The maximum absolute atomic E-state index is 4.75. The van der Waals surface area contributed by atoms with Crippen LogP contribution in [0.25, 0.3) is 16.5 Å². The Hall–Kier alpha value is -1.32. The van der Waals surface area contributed by atoms with E-state index in [0.717, 1.165) is 36.6 Å². The van der Waals surface area contributed by atoms with Gasteiger partial charge in [-0.3, -0.25) is 8.96 Å². The van der Waals surface area contributed by atoms with E-state index in [9.17, 15) is 0 Å². The highest BCUT2D eigenvalue weighted by Gasteiger charge is 2.22. The Labute approximate surface area is 165 Å². The van der Waals surface area contributed by atoms with Crippen LogP contribution in [-0.4, -0.2) is 47.9 Å². The monoisotopic (exact) mass is 467 g/mol. The Morgan fingerprint density at radius 2 is 2.40 bits per heavy atom. The summed E-state index contributed by atoms with van der Waals surface area (Å²) in [5, 5.41) is 4.67. The molecule has 0 amide bonds. The van der Waals surface area contributed by atoms with Gasteiger partial charge in [-0.25, -0.2) is 4.98 Å². The van der Waals surface area contributed by atoms with Crippen LogP contribution in [0.2, 0.25) is 0 Å². The Bertz CT molecular complexity index is 826. The van der Waals surface area contributed by atoms with E-state index in [1.165, 1.54) is 10.9 Å². The smallest absolute Gasteiger partial charge is 0.138 e. The van der Waals surface area contributed by atoms with Crippen molar-refractivity contribution in [3.63, 3.8) is 0 Å². The fraction of sp³-hybridized carbons (Fsp3) is 0.333. The summed E-state index contributed by atoms with van der Waals surface area (Å²) in [6.07, 6.45) is 9.76. The average Bonchev–Trinajstić information content (AvgIpc) is 3.01. The quantitative estimate of drug-likeness (QED) is 0.411. The van der Waals surface area contributed by atoms with Gasteiger partial charge < -0.3 is 10.2 Å². The number of hydrogen-bond acceptors (Lipinski definition) is 5. The van der Waals surface area contributed by atoms with Crippen LogP contribution in [-0.2, 0) is 0 Å². The predicted octanol–water partition coefficient (Wildman–Crippen LogP) is 3.95. The lowest BCUT2D eigenvalue weighted by atomic mass is 10.0. The second-order valence-electron chi connectivity index (χ2n) is 6.00. The van der Waals surface area contributed by atoms with Crippen molar-refractivity contribution in [1.82, 2.24) is 14.3 Å². The van der Waals surface area contributed by atoms with Gasteiger partial charge in [0.05, 0.1) is 10.9 Å². The molecule has 0 radical (unpaired) electrons. The molecule has 0 spiro atoms. The number of allylic oxidation sites excluding steroid dienone is 3. The van der Waals surface area contributed by atoms with Crippen molar-refractivity contribution < 1.29 is 0 Å². The topological polar surface area (TPSA) is 45.5 Å². The van der Waals surface area contributed by atoms with Gasteiger partial charge in [-0.15, -0.1) is 0 Å². The van der Waals surface area contributed by atoms with Crippen molar-refractivity contribution in [2.24, 2.45) is 4.99 Å². The number of halogens is 1. The number of pyridine rings is 1. The van der Waals surface area contributed by atoms with Crippen molar-refractivity contribution in [3.05, 3.63) is 42.8 Å². The van der Waals surface area contributed by atoms with Crippen LogP contribution in [0, 0.1) is 0 Å². The van der Waals surface area contributed by atoms with Crippen LogP contribution in [0.4, 0.5) is 5.82 Å². The normalized spacial score (nSPS) is 19.1. The van der Waals surface area contributed by atoms with Gasteiger partial charge in [-0.2, -0.15) is 0 Å². The lowest BCUT2D eigenvalue weighted by Gasteiger charge is -2.33. The van der Waals surface area contributed by atoms with E-state index in [1.807, 2.05) is 18.3 Å². The molecule has 25 heavy (non-hydrogen) atoms. The fourth-order valence-electron chi connectivity index (χ4n) is 3.20. The van der Waals surface area contributed by atoms with E-state index in [1.54, 1.807) is 22.4 Å². The van der Waals surface area contributed by atoms with Gasteiger partial charge in [0.2, 0.25) is 0 Å². The molecular formula is C18H22IN5S. The van der Waals surface area contributed by atoms with Crippen molar-refractivity contribution in [1.29, 1.82) is 0 Å². The number of aromatic nitrogens is 2. The number of piperazine rings is 1. The van der Waals surface area contributed by atoms with E-state index >= 15 is 0 Å². The molecule has 0 bridgehead atoms. The lowest BCUT2D eigenvalue weighted by Crippen LogP contribution is -2.49. The predicted molar refractivity (Wildman–Crippen MR) is 119 cm³/mol. The second kappa shape index (κ2) is 8.37. The largest absolute Gasteiger partial charge is 0.353 e. The molecule has 0 aliphatic carbocycles. The first-order chi connectivity index (χ1) is 12.2. The van der Waals surface area contributed by atoms with Crippen LogP contribution in [0.3, 0.4) is 0 Å². The first kappa shape index (κ1) is 18.5. The summed E-state index contributed by atoms with van der Waals surface area (Å²) in [5.74, 6) is 1.05. The summed E-state index contributed by atoms with van der Waals surface area (Å²) in [7, 11) is 3.43. The summed E-state index contributed by atoms with van der Waals surface area (Å²) in [6, 6.07) is 2.53. The number of nitrogens with one attached hydrogen (secondary N) is 1. The summed E-state index contributed by atoms with van der Waals surface area (Å²) in [5.41, 5.74) is 3.37. The summed E-state index contributed by atoms with van der Waals surface area (Å²) in [4.78, 5) is 11.2. The van der Waals surface area contributed by atoms with Crippen LogP contribution in [0.15, 0.2) is 42.2 Å². The van der Waals surface area contributed by atoms with E-state index < -0.39 is 0 Å². The Kier molecular flexibility index (Phi) is 6.19.